The Bertz CT molecular complexity index is 609. The van der Waals surface area contributed by atoms with Gasteiger partial charge in [0, 0.05) is 0 Å². The summed E-state index contributed by atoms with van der Waals surface area (Å²) in [4.78, 5) is 12.2. The van der Waals surface area contributed by atoms with Crippen LogP contribution in [0.4, 0.5) is 0 Å². The Kier molecular flexibility index (Phi) is 4.64. The number of aryl methyl sites for hydroxylation is 2. The summed E-state index contributed by atoms with van der Waals surface area (Å²) >= 11 is 0. The van der Waals surface area contributed by atoms with Gasteiger partial charge in [-0.15, -0.1) is 0 Å². The number of hydrogen-bond donors (Lipinski definition) is 0. The van der Waals surface area contributed by atoms with Crippen LogP contribution in [0.25, 0.3) is 0 Å². The van der Waals surface area contributed by atoms with Gasteiger partial charge in [-0.05, 0) is 58.7 Å². The Morgan fingerprint density at radius 3 is 2.25 bits per heavy atom. The molecule has 1 aromatic rings. The van der Waals surface area contributed by atoms with E-state index in [4.69, 9.17) is 4.74 Å². The van der Waals surface area contributed by atoms with Gasteiger partial charge >= 0.3 is 5.97 Å². The molecule has 0 bridgehead atoms. The normalized spacial score (nSPS) is 13.9. The Labute approximate surface area is 121 Å². The van der Waals surface area contributed by atoms with Crippen molar-refractivity contribution in [2.75, 3.05) is 0 Å². The van der Waals surface area contributed by atoms with Gasteiger partial charge in [-0.1, -0.05) is 12.1 Å². The quantitative estimate of drug-likeness (QED) is 0.805. The first-order chi connectivity index (χ1) is 8.95. The van der Waals surface area contributed by atoms with E-state index in [2.05, 4.69) is 0 Å². The molecule has 4 nitrogen and oxygen atoms in total. The molecule has 0 saturated carbocycles. The van der Waals surface area contributed by atoms with E-state index < -0.39 is 26.7 Å². The van der Waals surface area contributed by atoms with Gasteiger partial charge in [0.25, 0.3) is 0 Å². The van der Waals surface area contributed by atoms with Crippen molar-refractivity contribution in [1.29, 1.82) is 0 Å². The number of ether oxygens (including phenoxy) is 1. The monoisotopic (exact) mass is 298 g/mol. The van der Waals surface area contributed by atoms with Crippen LogP contribution in [0.1, 0.15) is 38.8 Å². The number of benzene rings is 1. The van der Waals surface area contributed by atoms with E-state index in [-0.39, 0.29) is 4.90 Å². The molecule has 0 spiro atoms. The summed E-state index contributed by atoms with van der Waals surface area (Å²) in [6.45, 7) is 10.0. The molecule has 0 fully saturated rings. The Morgan fingerprint density at radius 2 is 1.75 bits per heavy atom. The van der Waals surface area contributed by atoms with Crippen molar-refractivity contribution in [1.82, 2.24) is 0 Å². The third kappa shape index (κ3) is 3.82. The van der Waals surface area contributed by atoms with Crippen molar-refractivity contribution in [2.24, 2.45) is 0 Å². The van der Waals surface area contributed by atoms with Crippen molar-refractivity contribution in [3.05, 3.63) is 29.3 Å². The lowest BCUT2D eigenvalue weighted by Crippen LogP contribution is -2.35. The first-order valence-corrected chi connectivity index (χ1v) is 8.04. The lowest BCUT2D eigenvalue weighted by molar-refractivity contribution is -0.153. The van der Waals surface area contributed by atoms with E-state index in [0.717, 1.165) is 5.56 Å². The van der Waals surface area contributed by atoms with Gasteiger partial charge < -0.3 is 4.74 Å². The fourth-order valence-electron chi connectivity index (χ4n) is 1.72. The Hall–Kier alpha value is -1.36. The Morgan fingerprint density at radius 1 is 1.20 bits per heavy atom. The third-order valence-electron chi connectivity index (χ3n) is 2.85. The van der Waals surface area contributed by atoms with Gasteiger partial charge in [0.2, 0.25) is 0 Å². The van der Waals surface area contributed by atoms with Gasteiger partial charge in [-0.25, -0.2) is 8.42 Å². The standard InChI is InChI=1S/C15H22O4S/c1-10-7-8-11(2)13(9-10)20(17,18)12(3)14(16)19-15(4,5)6/h7-9,12H,1-6H3. The summed E-state index contributed by atoms with van der Waals surface area (Å²) < 4.78 is 30.2. The minimum Gasteiger partial charge on any atom is -0.459 e. The van der Waals surface area contributed by atoms with E-state index in [0.29, 0.717) is 5.56 Å². The van der Waals surface area contributed by atoms with Crippen LogP contribution in [0.2, 0.25) is 0 Å². The molecule has 20 heavy (non-hydrogen) atoms. The van der Waals surface area contributed by atoms with Crippen LogP contribution < -0.4 is 0 Å². The molecule has 112 valence electrons. The van der Waals surface area contributed by atoms with Crippen molar-refractivity contribution in [2.45, 2.75) is 57.3 Å². The van der Waals surface area contributed by atoms with E-state index in [9.17, 15) is 13.2 Å². The summed E-state index contributed by atoms with van der Waals surface area (Å²) in [5.41, 5.74) is 0.763. The number of sulfone groups is 1. The van der Waals surface area contributed by atoms with Crippen molar-refractivity contribution in [3.63, 3.8) is 0 Å². The fourth-order valence-corrected chi connectivity index (χ4v) is 3.27. The van der Waals surface area contributed by atoms with Crippen molar-refractivity contribution >= 4 is 15.8 Å². The molecule has 0 aliphatic rings. The number of esters is 1. The molecule has 0 N–H and O–H groups in total. The number of rotatable bonds is 3. The van der Waals surface area contributed by atoms with E-state index in [1.807, 2.05) is 13.0 Å². The molecule has 0 saturated heterocycles. The first kappa shape index (κ1) is 16.7. The van der Waals surface area contributed by atoms with Gasteiger partial charge in [-0.3, -0.25) is 4.79 Å². The summed E-state index contributed by atoms with van der Waals surface area (Å²) in [7, 11) is -3.74. The molecular formula is C15H22O4S. The summed E-state index contributed by atoms with van der Waals surface area (Å²) in [6.07, 6.45) is 0. The van der Waals surface area contributed by atoms with Crippen molar-refractivity contribution < 1.29 is 17.9 Å². The maximum absolute atomic E-state index is 12.5. The molecule has 1 unspecified atom stereocenters. The Balaban J connectivity index is 3.16. The average molecular weight is 298 g/mol. The van der Waals surface area contributed by atoms with Crippen LogP contribution in [0.15, 0.2) is 23.1 Å². The zero-order valence-corrected chi connectivity index (χ0v) is 13.7. The molecule has 5 heteroatoms. The number of hydrogen-bond acceptors (Lipinski definition) is 4. The highest BCUT2D eigenvalue weighted by Gasteiger charge is 2.34. The van der Waals surface area contributed by atoms with Gasteiger partial charge in [0.05, 0.1) is 4.90 Å². The molecular weight excluding hydrogens is 276 g/mol. The summed E-state index contributed by atoms with van der Waals surface area (Å²) in [5.74, 6) is -0.724. The second kappa shape index (κ2) is 5.56. The SMILES string of the molecule is Cc1ccc(C)c(S(=O)(=O)C(C)C(=O)OC(C)(C)C)c1. The largest absolute Gasteiger partial charge is 0.459 e. The van der Waals surface area contributed by atoms with Crippen LogP contribution in [0.3, 0.4) is 0 Å². The zero-order chi connectivity index (χ0) is 15.7. The second-order valence-electron chi connectivity index (χ2n) is 5.99. The van der Waals surface area contributed by atoms with Crippen LogP contribution in [0, 0.1) is 13.8 Å². The molecule has 1 atom stereocenters. The average Bonchev–Trinajstić information content (AvgIpc) is 2.28. The van der Waals surface area contributed by atoms with E-state index >= 15 is 0 Å². The molecule has 0 heterocycles. The van der Waals surface area contributed by atoms with Gasteiger partial charge in [0.15, 0.2) is 15.1 Å². The smallest absolute Gasteiger partial charge is 0.324 e. The molecule has 0 aromatic heterocycles. The molecule has 0 aliphatic carbocycles. The minimum absolute atomic E-state index is 0.191. The first-order valence-electron chi connectivity index (χ1n) is 6.49. The maximum atomic E-state index is 12.5. The van der Waals surface area contributed by atoms with Crippen LogP contribution in [0.5, 0.6) is 0 Å². The van der Waals surface area contributed by atoms with Crippen molar-refractivity contribution in [3.8, 4) is 0 Å². The maximum Gasteiger partial charge on any atom is 0.324 e. The number of carbonyl (C=O) groups excluding carboxylic acids is 1. The third-order valence-corrected chi connectivity index (χ3v) is 5.03. The highest BCUT2D eigenvalue weighted by molar-refractivity contribution is 7.92. The molecule has 1 aromatic carbocycles. The molecule has 0 amide bonds. The van der Waals surface area contributed by atoms with Crippen LogP contribution in [-0.4, -0.2) is 25.2 Å². The topological polar surface area (TPSA) is 60.4 Å². The highest BCUT2D eigenvalue weighted by atomic mass is 32.2. The number of carbonyl (C=O) groups is 1. The van der Waals surface area contributed by atoms with Gasteiger partial charge in [0.1, 0.15) is 5.60 Å². The van der Waals surface area contributed by atoms with E-state index in [1.165, 1.54) is 6.92 Å². The summed E-state index contributed by atoms with van der Waals surface area (Å²) in [5, 5.41) is -1.22. The molecule has 0 aliphatic heterocycles. The minimum atomic E-state index is -3.74. The predicted molar refractivity (Wildman–Crippen MR) is 78.4 cm³/mol. The van der Waals surface area contributed by atoms with Crippen LogP contribution >= 0.6 is 0 Å². The summed E-state index contributed by atoms with van der Waals surface area (Å²) in [6, 6.07) is 5.17. The predicted octanol–water partition coefficient (Wildman–Crippen LogP) is 2.81. The lowest BCUT2D eigenvalue weighted by atomic mass is 10.2. The highest BCUT2D eigenvalue weighted by Crippen LogP contribution is 2.23. The zero-order valence-electron chi connectivity index (χ0n) is 12.9. The van der Waals surface area contributed by atoms with Crippen LogP contribution in [-0.2, 0) is 19.4 Å². The van der Waals surface area contributed by atoms with Gasteiger partial charge in [-0.2, -0.15) is 0 Å². The lowest BCUT2D eigenvalue weighted by Gasteiger charge is -2.22. The fraction of sp³-hybridized carbons (Fsp3) is 0.533. The molecule has 0 radical (unpaired) electrons. The second-order valence-corrected chi connectivity index (χ2v) is 8.23. The molecule has 1 rings (SSSR count). The van der Waals surface area contributed by atoms with E-state index in [1.54, 1.807) is 39.8 Å².